The van der Waals surface area contributed by atoms with Crippen molar-refractivity contribution in [2.45, 2.75) is 17.5 Å². The summed E-state index contributed by atoms with van der Waals surface area (Å²) in [6, 6.07) is 16.1. The van der Waals surface area contributed by atoms with Gasteiger partial charge in [0.2, 0.25) is 10.0 Å². The van der Waals surface area contributed by atoms with Crippen LogP contribution in [-0.4, -0.2) is 40.8 Å². The first-order valence-corrected chi connectivity index (χ1v) is 10.6. The number of sulfonamides is 1. The largest absolute Gasteiger partial charge is 0.487 e. The van der Waals surface area contributed by atoms with Crippen molar-refractivity contribution in [1.29, 1.82) is 0 Å². The average Bonchev–Trinajstić information content (AvgIpc) is 3.08. The van der Waals surface area contributed by atoms with Crippen molar-refractivity contribution >= 4 is 26.0 Å². The highest BCUT2D eigenvalue weighted by Gasteiger charge is 2.38. The van der Waals surface area contributed by atoms with E-state index in [1.807, 2.05) is 30.3 Å². The lowest BCUT2D eigenvalue weighted by Gasteiger charge is -2.37. The fourth-order valence-corrected chi connectivity index (χ4v) is 4.55. The Kier molecular flexibility index (Phi) is 4.98. The fourth-order valence-electron chi connectivity index (χ4n) is 2.77. The molecule has 1 saturated heterocycles. The van der Waals surface area contributed by atoms with Gasteiger partial charge in [0.15, 0.2) is 0 Å². The van der Waals surface area contributed by atoms with Crippen LogP contribution >= 0.6 is 15.9 Å². The molecule has 0 spiro atoms. The van der Waals surface area contributed by atoms with Crippen molar-refractivity contribution < 1.29 is 13.2 Å². The van der Waals surface area contributed by atoms with E-state index in [0.717, 1.165) is 10.2 Å². The summed E-state index contributed by atoms with van der Waals surface area (Å²) in [4.78, 5) is 0.291. The molecule has 1 fully saturated rings. The fraction of sp³-hybridized carbons (Fsp3) is 0.222. The molecule has 1 aliphatic heterocycles. The molecule has 9 heteroatoms. The number of hydrogen-bond acceptors (Lipinski definition) is 5. The predicted octanol–water partition coefficient (Wildman–Crippen LogP) is 2.87. The number of halogens is 1. The van der Waals surface area contributed by atoms with Gasteiger partial charge in [-0.25, -0.2) is 13.1 Å². The highest BCUT2D eigenvalue weighted by Crippen LogP contribution is 2.28. The molecular formula is C18H17BrN4O3S. The number of nitrogens with zero attached hydrogens (tertiary/aromatic N) is 4. The molecule has 2 aromatic carbocycles. The molecule has 0 unspecified atom stereocenters. The lowest BCUT2D eigenvalue weighted by atomic mass is 10.2. The Morgan fingerprint density at radius 1 is 1.07 bits per heavy atom. The summed E-state index contributed by atoms with van der Waals surface area (Å²) in [5, 5.41) is 8.21. The number of benzene rings is 2. The molecule has 1 aromatic heterocycles. The Hall–Kier alpha value is -2.23. The summed E-state index contributed by atoms with van der Waals surface area (Å²) in [5.41, 5.74) is 0.702. The highest BCUT2D eigenvalue weighted by atomic mass is 79.9. The van der Waals surface area contributed by atoms with Gasteiger partial charge < -0.3 is 4.74 Å². The van der Waals surface area contributed by atoms with E-state index in [1.54, 1.807) is 35.1 Å². The quantitative estimate of drug-likeness (QED) is 0.579. The van der Waals surface area contributed by atoms with Crippen LogP contribution in [0.1, 0.15) is 11.7 Å². The standard InChI is InChI=1S/C18H17BrN4O3S/c19-14-6-8-18(9-7-14)27(24,25)22-11-16(12-22)23-10-15(20-21-23)13-26-17-4-2-1-3-5-17/h1-10,16H,11-13H2. The van der Waals surface area contributed by atoms with Gasteiger partial charge in [-0.2, -0.15) is 4.31 Å². The number of rotatable bonds is 6. The topological polar surface area (TPSA) is 77.3 Å². The Morgan fingerprint density at radius 2 is 1.78 bits per heavy atom. The number of para-hydroxylation sites is 1. The van der Waals surface area contributed by atoms with Gasteiger partial charge in [0.25, 0.3) is 0 Å². The van der Waals surface area contributed by atoms with E-state index in [4.69, 9.17) is 4.74 Å². The second-order valence-electron chi connectivity index (χ2n) is 6.22. The van der Waals surface area contributed by atoms with E-state index in [2.05, 4.69) is 26.2 Å². The van der Waals surface area contributed by atoms with Gasteiger partial charge in [0.05, 0.1) is 17.1 Å². The van der Waals surface area contributed by atoms with E-state index in [1.165, 1.54) is 4.31 Å². The van der Waals surface area contributed by atoms with Crippen molar-refractivity contribution in [3.05, 3.63) is 71.0 Å². The second kappa shape index (κ2) is 7.41. The van der Waals surface area contributed by atoms with Crippen LogP contribution in [0.15, 0.2) is 70.2 Å². The zero-order valence-electron chi connectivity index (χ0n) is 14.3. The van der Waals surface area contributed by atoms with E-state index >= 15 is 0 Å². The van der Waals surface area contributed by atoms with E-state index in [-0.39, 0.29) is 6.04 Å². The molecule has 0 aliphatic carbocycles. The molecule has 27 heavy (non-hydrogen) atoms. The van der Waals surface area contributed by atoms with Crippen LogP contribution in [0.25, 0.3) is 0 Å². The van der Waals surface area contributed by atoms with Gasteiger partial charge in [-0.05, 0) is 36.4 Å². The average molecular weight is 449 g/mol. The zero-order chi connectivity index (χ0) is 18.9. The molecule has 1 aliphatic rings. The highest BCUT2D eigenvalue weighted by molar-refractivity contribution is 9.10. The van der Waals surface area contributed by atoms with Gasteiger partial charge in [-0.15, -0.1) is 5.10 Å². The second-order valence-corrected chi connectivity index (χ2v) is 9.07. The molecule has 140 valence electrons. The first kappa shape index (κ1) is 18.1. The van der Waals surface area contributed by atoms with Crippen LogP contribution in [0, 0.1) is 0 Å². The van der Waals surface area contributed by atoms with Crippen LogP contribution in [0.5, 0.6) is 5.75 Å². The third-order valence-electron chi connectivity index (χ3n) is 4.34. The number of aromatic nitrogens is 3. The molecule has 0 saturated carbocycles. The van der Waals surface area contributed by atoms with Crippen molar-refractivity contribution in [2.75, 3.05) is 13.1 Å². The Labute approximate surface area is 165 Å². The Balaban J connectivity index is 1.36. The lowest BCUT2D eigenvalue weighted by molar-refractivity contribution is 0.189. The summed E-state index contributed by atoms with van der Waals surface area (Å²) in [7, 11) is -3.47. The third kappa shape index (κ3) is 3.90. The Morgan fingerprint density at radius 3 is 2.48 bits per heavy atom. The summed E-state index contributed by atoms with van der Waals surface area (Å²) < 4.78 is 34.9. The molecule has 0 N–H and O–H groups in total. The maximum atomic E-state index is 12.6. The molecule has 4 rings (SSSR count). The van der Waals surface area contributed by atoms with Crippen molar-refractivity contribution in [2.24, 2.45) is 0 Å². The smallest absolute Gasteiger partial charge is 0.243 e. The Bertz CT molecular complexity index is 1020. The SMILES string of the molecule is O=S(=O)(c1ccc(Br)cc1)N1CC(n2cc(COc3ccccc3)nn2)C1. The van der Waals surface area contributed by atoms with Gasteiger partial charge >= 0.3 is 0 Å². The molecular weight excluding hydrogens is 432 g/mol. The van der Waals surface area contributed by atoms with Crippen LogP contribution in [0.3, 0.4) is 0 Å². The minimum atomic E-state index is -3.47. The first-order chi connectivity index (χ1) is 13.0. The molecule has 0 radical (unpaired) electrons. The minimum absolute atomic E-state index is 0.0202. The van der Waals surface area contributed by atoms with E-state index in [9.17, 15) is 8.42 Å². The molecule has 3 aromatic rings. The van der Waals surface area contributed by atoms with Crippen LogP contribution in [0.2, 0.25) is 0 Å². The summed E-state index contributed by atoms with van der Waals surface area (Å²) in [5.74, 6) is 0.766. The van der Waals surface area contributed by atoms with Gasteiger partial charge in [-0.3, -0.25) is 0 Å². The predicted molar refractivity (Wildman–Crippen MR) is 103 cm³/mol. The van der Waals surface area contributed by atoms with Gasteiger partial charge in [0.1, 0.15) is 18.1 Å². The van der Waals surface area contributed by atoms with E-state index in [0.29, 0.717) is 30.3 Å². The zero-order valence-corrected chi connectivity index (χ0v) is 16.7. The molecule has 7 nitrogen and oxygen atoms in total. The summed E-state index contributed by atoms with van der Waals surface area (Å²) in [6.07, 6.45) is 1.80. The van der Waals surface area contributed by atoms with Crippen molar-refractivity contribution in [1.82, 2.24) is 19.3 Å². The maximum absolute atomic E-state index is 12.6. The maximum Gasteiger partial charge on any atom is 0.243 e. The van der Waals surface area contributed by atoms with E-state index < -0.39 is 10.0 Å². The molecule has 2 heterocycles. The molecule has 0 atom stereocenters. The normalized spacial score (nSPS) is 15.4. The van der Waals surface area contributed by atoms with Crippen LogP contribution in [0.4, 0.5) is 0 Å². The van der Waals surface area contributed by atoms with Crippen LogP contribution in [-0.2, 0) is 16.6 Å². The van der Waals surface area contributed by atoms with Crippen LogP contribution < -0.4 is 4.74 Å². The van der Waals surface area contributed by atoms with Gasteiger partial charge in [-0.1, -0.05) is 39.3 Å². The monoisotopic (exact) mass is 448 g/mol. The minimum Gasteiger partial charge on any atom is -0.487 e. The summed E-state index contributed by atoms with van der Waals surface area (Å²) >= 11 is 3.31. The first-order valence-electron chi connectivity index (χ1n) is 8.37. The lowest BCUT2D eigenvalue weighted by Crippen LogP contribution is -2.50. The number of hydrogen-bond donors (Lipinski definition) is 0. The third-order valence-corrected chi connectivity index (χ3v) is 6.72. The molecule has 0 bridgehead atoms. The molecule has 0 amide bonds. The van der Waals surface area contributed by atoms with Crippen molar-refractivity contribution in [3.63, 3.8) is 0 Å². The van der Waals surface area contributed by atoms with Gasteiger partial charge in [0, 0.05) is 17.6 Å². The van der Waals surface area contributed by atoms with Crippen molar-refractivity contribution in [3.8, 4) is 5.75 Å². The number of ether oxygens (including phenoxy) is 1. The summed E-state index contributed by atoms with van der Waals surface area (Å²) in [6.45, 7) is 1.07.